The van der Waals surface area contributed by atoms with Crippen LogP contribution < -0.4 is 5.32 Å². The molecule has 0 aromatic carbocycles. The molecule has 1 fully saturated rings. The van der Waals surface area contributed by atoms with Crippen molar-refractivity contribution in [3.63, 3.8) is 0 Å². The summed E-state index contributed by atoms with van der Waals surface area (Å²) in [5.74, 6) is 0.942. The summed E-state index contributed by atoms with van der Waals surface area (Å²) < 4.78 is 4.87. The van der Waals surface area contributed by atoms with Gasteiger partial charge in [0, 0.05) is 18.0 Å². The summed E-state index contributed by atoms with van der Waals surface area (Å²) in [7, 11) is 0. The second kappa shape index (κ2) is 5.42. The Hall–Kier alpha value is -1.85. The summed E-state index contributed by atoms with van der Waals surface area (Å²) in [6.07, 6.45) is 1.87. The lowest BCUT2D eigenvalue weighted by atomic mass is 10.2. The summed E-state index contributed by atoms with van der Waals surface area (Å²) in [4.78, 5) is 25.6. The Morgan fingerprint density at radius 1 is 1.53 bits per heavy atom. The molecule has 2 rings (SSSR count). The molecular formula is C13H19N3O3. The third-order valence-electron chi connectivity index (χ3n) is 3.04. The molecule has 6 nitrogen and oxygen atoms in total. The van der Waals surface area contributed by atoms with Crippen molar-refractivity contribution in [2.75, 3.05) is 11.9 Å². The van der Waals surface area contributed by atoms with Crippen molar-refractivity contribution in [3.05, 3.63) is 11.8 Å². The SMILES string of the molecule is Cc1cc(NC(=O)CN(C(=O)C2CC2)C(C)C)no1. The molecule has 0 spiro atoms. The van der Waals surface area contributed by atoms with Gasteiger partial charge < -0.3 is 14.7 Å². The molecule has 1 N–H and O–H groups in total. The Bertz CT molecular complexity index is 477. The molecule has 1 aromatic rings. The number of anilines is 1. The van der Waals surface area contributed by atoms with E-state index in [-0.39, 0.29) is 30.3 Å². The summed E-state index contributed by atoms with van der Waals surface area (Å²) in [5.41, 5.74) is 0. The minimum absolute atomic E-state index is 0.0119. The van der Waals surface area contributed by atoms with Gasteiger partial charge >= 0.3 is 0 Å². The van der Waals surface area contributed by atoms with Crippen molar-refractivity contribution in [2.45, 2.75) is 39.7 Å². The topological polar surface area (TPSA) is 75.4 Å². The first kappa shape index (κ1) is 13.6. The number of aryl methyl sites for hydroxylation is 1. The van der Waals surface area contributed by atoms with Crippen LogP contribution in [0.2, 0.25) is 0 Å². The molecule has 1 aromatic heterocycles. The Balaban J connectivity index is 1.93. The zero-order valence-corrected chi connectivity index (χ0v) is 11.5. The van der Waals surface area contributed by atoms with Crippen LogP contribution in [0.4, 0.5) is 5.82 Å². The fourth-order valence-electron chi connectivity index (χ4n) is 1.84. The number of carbonyl (C=O) groups excluding carboxylic acids is 2. The first-order chi connectivity index (χ1) is 8.97. The van der Waals surface area contributed by atoms with E-state index in [9.17, 15) is 9.59 Å². The number of amides is 2. The van der Waals surface area contributed by atoms with Gasteiger partial charge in [0.15, 0.2) is 5.82 Å². The molecule has 2 amide bonds. The van der Waals surface area contributed by atoms with Gasteiger partial charge in [-0.15, -0.1) is 0 Å². The highest BCUT2D eigenvalue weighted by Gasteiger charge is 2.35. The van der Waals surface area contributed by atoms with Crippen LogP contribution in [0.3, 0.4) is 0 Å². The number of hydrogen-bond acceptors (Lipinski definition) is 4. The predicted molar refractivity (Wildman–Crippen MR) is 69.4 cm³/mol. The van der Waals surface area contributed by atoms with Gasteiger partial charge in [-0.05, 0) is 33.6 Å². The average Bonchev–Trinajstić information content (AvgIpc) is 3.10. The summed E-state index contributed by atoms with van der Waals surface area (Å²) in [6.45, 7) is 5.63. The van der Waals surface area contributed by atoms with Gasteiger partial charge in [-0.2, -0.15) is 0 Å². The van der Waals surface area contributed by atoms with Crippen molar-refractivity contribution in [3.8, 4) is 0 Å². The van der Waals surface area contributed by atoms with Gasteiger partial charge in [0.2, 0.25) is 11.8 Å². The van der Waals surface area contributed by atoms with E-state index >= 15 is 0 Å². The number of rotatable bonds is 5. The Morgan fingerprint density at radius 3 is 2.68 bits per heavy atom. The van der Waals surface area contributed by atoms with E-state index in [0.29, 0.717) is 11.6 Å². The number of nitrogens with one attached hydrogen (secondary N) is 1. The zero-order chi connectivity index (χ0) is 14.0. The van der Waals surface area contributed by atoms with E-state index in [0.717, 1.165) is 12.8 Å². The molecule has 104 valence electrons. The van der Waals surface area contributed by atoms with Gasteiger partial charge in [0.25, 0.3) is 0 Å². The highest BCUT2D eigenvalue weighted by Crippen LogP contribution is 2.31. The lowest BCUT2D eigenvalue weighted by molar-refractivity contribution is -0.137. The van der Waals surface area contributed by atoms with E-state index in [1.54, 1.807) is 17.9 Å². The molecular weight excluding hydrogens is 246 g/mol. The Kier molecular flexibility index (Phi) is 3.87. The maximum absolute atomic E-state index is 12.1. The summed E-state index contributed by atoms with van der Waals surface area (Å²) >= 11 is 0. The summed E-state index contributed by atoms with van der Waals surface area (Å²) in [5, 5.41) is 6.31. The maximum Gasteiger partial charge on any atom is 0.245 e. The first-order valence-corrected chi connectivity index (χ1v) is 6.51. The fourth-order valence-corrected chi connectivity index (χ4v) is 1.84. The quantitative estimate of drug-likeness (QED) is 0.876. The number of hydrogen-bond donors (Lipinski definition) is 1. The minimum Gasteiger partial charge on any atom is -0.360 e. The smallest absolute Gasteiger partial charge is 0.245 e. The standard InChI is InChI=1S/C13H19N3O3/c1-8(2)16(13(18)10-4-5-10)7-12(17)14-11-6-9(3)19-15-11/h6,8,10H,4-5,7H2,1-3H3,(H,14,15,17). The zero-order valence-electron chi connectivity index (χ0n) is 11.5. The second-order valence-electron chi connectivity index (χ2n) is 5.21. The molecule has 6 heteroatoms. The molecule has 0 saturated heterocycles. The van der Waals surface area contributed by atoms with Gasteiger partial charge in [-0.1, -0.05) is 5.16 Å². The molecule has 1 heterocycles. The lowest BCUT2D eigenvalue weighted by Gasteiger charge is -2.26. The van der Waals surface area contributed by atoms with E-state index in [1.165, 1.54) is 0 Å². The Labute approximate surface area is 112 Å². The molecule has 0 atom stereocenters. The van der Waals surface area contributed by atoms with Gasteiger partial charge in [-0.25, -0.2) is 0 Å². The number of carbonyl (C=O) groups is 2. The van der Waals surface area contributed by atoms with Crippen LogP contribution in [-0.4, -0.2) is 34.5 Å². The molecule has 0 radical (unpaired) electrons. The van der Waals surface area contributed by atoms with Crippen LogP contribution in [0.15, 0.2) is 10.6 Å². The van der Waals surface area contributed by atoms with Crippen molar-refractivity contribution in [1.82, 2.24) is 10.1 Å². The molecule has 0 bridgehead atoms. The lowest BCUT2D eigenvalue weighted by Crippen LogP contribution is -2.43. The maximum atomic E-state index is 12.1. The molecule has 1 aliphatic rings. The average molecular weight is 265 g/mol. The van der Waals surface area contributed by atoms with Crippen molar-refractivity contribution in [2.24, 2.45) is 5.92 Å². The highest BCUT2D eigenvalue weighted by atomic mass is 16.5. The van der Waals surface area contributed by atoms with Crippen LogP contribution in [0.25, 0.3) is 0 Å². The van der Waals surface area contributed by atoms with Gasteiger partial charge in [-0.3, -0.25) is 9.59 Å². The monoisotopic (exact) mass is 265 g/mol. The second-order valence-corrected chi connectivity index (χ2v) is 5.21. The minimum atomic E-state index is -0.254. The van der Waals surface area contributed by atoms with Gasteiger partial charge in [0.1, 0.15) is 12.3 Å². The fraction of sp³-hybridized carbons (Fsp3) is 0.615. The van der Waals surface area contributed by atoms with Crippen LogP contribution in [0, 0.1) is 12.8 Å². The van der Waals surface area contributed by atoms with Crippen molar-refractivity contribution in [1.29, 1.82) is 0 Å². The van der Waals surface area contributed by atoms with Gasteiger partial charge in [0.05, 0.1) is 0 Å². The predicted octanol–water partition coefficient (Wildman–Crippen LogP) is 1.57. The molecule has 1 saturated carbocycles. The summed E-state index contributed by atoms with van der Waals surface area (Å²) in [6, 6.07) is 1.65. The van der Waals surface area contributed by atoms with Crippen molar-refractivity contribution >= 4 is 17.6 Å². The third-order valence-corrected chi connectivity index (χ3v) is 3.04. The van der Waals surface area contributed by atoms with Crippen LogP contribution in [0.5, 0.6) is 0 Å². The van der Waals surface area contributed by atoms with E-state index in [4.69, 9.17) is 4.52 Å². The molecule has 0 unspecified atom stereocenters. The number of nitrogens with zero attached hydrogens (tertiary/aromatic N) is 2. The van der Waals surface area contributed by atoms with E-state index < -0.39 is 0 Å². The van der Waals surface area contributed by atoms with E-state index in [1.807, 2.05) is 13.8 Å². The van der Waals surface area contributed by atoms with E-state index in [2.05, 4.69) is 10.5 Å². The normalized spacial score (nSPS) is 14.5. The highest BCUT2D eigenvalue weighted by molar-refractivity contribution is 5.94. The largest absolute Gasteiger partial charge is 0.360 e. The molecule has 0 aliphatic heterocycles. The first-order valence-electron chi connectivity index (χ1n) is 6.51. The van der Waals surface area contributed by atoms with Crippen LogP contribution in [-0.2, 0) is 9.59 Å². The third kappa shape index (κ3) is 3.56. The van der Waals surface area contributed by atoms with Crippen molar-refractivity contribution < 1.29 is 14.1 Å². The number of aromatic nitrogens is 1. The molecule has 1 aliphatic carbocycles. The van der Waals surface area contributed by atoms with Crippen LogP contribution in [0.1, 0.15) is 32.4 Å². The molecule has 19 heavy (non-hydrogen) atoms. The van der Waals surface area contributed by atoms with Crippen LogP contribution >= 0.6 is 0 Å². The Morgan fingerprint density at radius 2 is 2.21 bits per heavy atom.